The molecule has 12 nitrogen and oxygen atoms in total. The summed E-state index contributed by atoms with van der Waals surface area (Å²) in [5.41, 5.74) is 0.390. The van der Waals surface area contributed by atoms with Crippen LogP contribution in [0.2, 0.25) is 0 Å². The van der Waals surface area contributed by atoms with Crippen molar-refractivity contribution in [3.8, 4) is 11.5 Å². The molecule has 1 saturated heterocycles. The molecule has 168 valence electrons. The van der Waals surface area contributed by atoms with E-state index in [9.17, 15) is 14.9 Å². The lowest BCUT2D eigenvalue weighted by molar-refractivity contribution is -0.385. The molecule has 0 atom stereocenters. The minimum Gasteiger partial charge on any atom is -0.493 e. The molecule has 1 aliphatic rings. The highest BCUT2D eigenvalue weighted by Crippen LogP contribution is 2.35. The van der Waals surface area contributed by atoms with E-state index in [-0.39, 0.29) is 17.0 Å². The molecule has 32 heavy (non-hydrogen) atoms. The number of ether oxygens (including phenoxy) is 2. The minimum atomic E-state index is -0.582. The van der Waals surface area contributed by atoms with Gasteiger partial charge >= 0.3 is 0 Å². The Balaban J connectivity index is 1.57. The maximum Gasteiger partial charge on any atom is 0.286 e. The number of methoxy groups -OCH3 is 1. The Morgan fingerprint density at radius 3 is 2.59 bits per heavy atom. The van der Waals surface area contributed by atoms with Crippen molar-refractivity contribution in [3.05, 3.63) is 40.3 Å². The molecule has 0 spiro atoms. The van der Waals surface area contributed by atoms with E-state index in [1.165, 1.54) is 25.6 Å². The molecule has 0 saturated carbocycles. The predicted octanol–water partition coefficient (Wildman–Crippen LogP) is 1.64. The Bertz CT molecular complexity index is 1170. The van der Waals surface area contributed by atoms with Gasteiger partial charge in [0.15, 0.2) is 17.1 Å². The third-order valence-electron chi connectivity index (χ3n) is 5.38. The van der Waals surface area contributed by atoms with Gasteiger partial charge in [-0.2, -0.15) is 5.10 Å². The molecule has 2 aromatic heterocycles. The standard InChI is InChI=1S/C20H23N7O5/c1-4-32-17-9-13(15(27(29)30)10-16(17)31-3)20(28)26-7-5-25(6-8-26)19-14-11-23-24(2)18(14)21-12-22-19/h9-12H,4-8H2,1-3H3. The second kappa shape index (κ2) is 8.65. The highest BCUT2D eigenvalue weighted by Gasteiger charge is 2.30. The molecular weight excluding hydrogens is 418 g/mol. The van der Waals surface area contributed by atoms with E-state index in [4.69, 9.17) is 9.47 Å². The molecule has 1 aliphatic heterocycles. The smallest absolute Gasteiger partial charge is 0.286 e. The van der Waals surface area contributed by atoms with Crippen LogP contribution in [0.4, 0.5) is 11.5 Å². The third-order valence-corrected chi connectivity index (χ3v) is 5.38. The zero-order valence-corrected chi connectivity index (χ0v) is 18.0. The molecule has 0 radical (unpaired) electrons. The summed E-state index contributed by atoms with van der Waals surface area (Å²) in [4.78, 5) is 36.6. The van der Waals surface area contributed by atoms with Crippen LogP contribution in [0.5, 0.6) is 11.5 Å². The van der Waals surface area contributed by atoms with E-state index < -0.39 is 10.8 Å². The molecule has 1 amide bonds. The summed E-state index contributed by atoms with van der Waals surface area (Å²) >= 11 is 0. The highest BCUT2D eigenvalue weighted by atomic mass is 16.6. The number of benzene rings is 1. The number of nitro benzene ring substituents is 1. The van der Waals surface area contributed by atoms with Crippen molar-refractivity contribution in [2.24, 2.45) is 7.05 Å². The van der Waals surface area contributed by atoms with E-state index in [1.54, 1.807) is 22.7 Å². The van der Waals surface area contributed by atoms with Gasteiger partial charge in [0.25, 0.3) is 11.6 Å². The van der Waals surface area contributed by atoms with Crippen molar-refractivity contribution in [3.63, 3.8) is 0 Å². The van der Waals surface area contributed by atoms with Crippen molar-refractivity contribution in [1.82, 2.24) is 24.6 Å². The summed E-state index contributed by atoms with van der Waals surface area (Å²) < 4.78 is 12.4. The molecule has 3 heterocycles. The summed E-state index contributed by atoms with van der Waals surface area (Å²) in [5.74, 6) is 0.838. The van der Waals surface area contributed by atoms with Crippen LogP contribution in [0.1, 0.15) is 17.3 Å². The molecule has 0 bridgehead atoms. The molecule has 3 aromatic rings. The summed E-state index contributed by atoms with van der Waals surface area (Å²) in [6, 6.07) is 2.62. The molecule has 1 fully saturated rings. The Morgan fingerprint density at radius 2 is 1.94 bits per heavy atom. The van der Waals surface area contributed by atoms with Crippen molar-refractivity contribution in [2.75, 3.05) is 44.8 Å². The number of aryl methyl sites for hydroxylation is 1. The number of fused-ring (bicyclic) bond motifs is 1. The quantitative estimate of drug-likeness (QED) is 0.414. The van der Waals surface area contributed by atoms with Gasteiger partial charge in [0.05, 0.1) is 36.3 Å². The first-order chi connectivity index (χ1) is 15.4. The van der Waals surface area contributed by atoms with Gasteiger partial charge in [-0.05, 0) is 6.92 Å². The molecule has 4 rings (SSSR count). The summed E-state index contributed by atoms with van der Waals surface area (Å²) in [7, 11) is 3.21. The first kappa shape index (κ1) is 21.3. The van der Waals surface area contributed by atoms with Crippen molar-refractivity contribution >= 4 is 28.4 Å². The summed E-state index contributed by atoms with van der Waals surface area (Å²) in [6.07, 6.45) is 3.21. The molecule has 0 N–H and O–H groups in total. The van der Waals surface area contributed by atoms with E-state index in [1.807, 2.05) is 7.05 Å². The average molecular weight is 441 g/mol. The van der Waals surface area contributed by atoms with Gasteiger partial charge in [0.2, 0.25) is 0 Å². The van der Waals surface area contributed by atoms with Gasteiger partial charge in [-0.25, -0.2) is 9.97 Å². The van der Waals surface area contributed by atoms with Crippen LogP contribution in [-0.2, 0) is 7.05 Å². The van der Waals surface area contributed by atoms with Gasteiger partial charge < -0.3 is 19.3 Å². The molecule has 12 heteroatoms. The molecule has 0 aliphatic carbocycles. The lowest BCUT2D eigenvalue weighted by Gasteiger charge is -2.35. The number of nitro groups is 1. The normalized spacial score (nSPS) is 14.0. The van der Waals surface area contributed by atoms with E-state index >= 15 is 0 Å². The molecule has 1 aromatic carbocycles. The van der Waals surface area contributed by atoms with Crippen molar-refractivity contribution < 1.29 is 19.2 Å². The lowest BCUT2D eigenvalue weighted by Crippen LogP contribution is -2.49. The largest absolute Gasteiger partial charge is 0.493 e. The van der Waals surface area contributed by atoms with Crippen LogP contribution >= 0.6 is 0 Å². The van der Waals surface area contributed by atoms with Gasteiger partial charge in [-0.1, -0.05) is 0 Å². The topological polar surface area (TPSA) is 129 Å². The fourth-order valence-electron chi connectivity index (χ4n) is 3.79. The van der Waals surface area contributed by atoms with Gasteiger partial charge in [-0.15, -0.1) is 0 Å². The van der Waals surface area contributed by atoms with Crippen LogP contribution in [0, 0.1) is 10.1 Å². The van der Waals surface area contributed by atoms with Crippen LogP contribution < -0.4 is 14.4 Å². The third kappa shape index (κ3) is 3.74. The highest BCUT2D eigenvalue weighted by molar-refractivity contribution is 5.99. The van der Waals surface area contributed by atoms with Crippen LogP contribution in [0.15, 0.2) is 24.7 Å². The van der Waals surface area contributed by atoms with Gasteiger partial charge in [-0.3, -0.25) is 19.6 Å². The molecule has 0 unspecified atom stereocenters. The number of hydrogen-bond acceptors (Lipinski definition) is 9. The summed E-state index contributed by atoms with van der Waals surface area (Å²) in [5, 5.41) is 16.7. The van der Waals surface area contributed by atoms with Gasteiger partial charge in [0.1, 0.15) is 17.7 Å². The van der Waals surface area contributed by atoms with E-state index in [0.717, 1.165) is 16.9 Å². The Morgan fingerprint density at radius 1 is 1.19 bits per heavy atom. The zero-order chi connectivity index (χ0) is 22.8. The first-order valence-corrected chi connectivity index (χ1v) is 10.1. The Labute approximate surface area is 183 Å². The van der Waals surface area contributed by atoms with Gasteiger partial charge in [0, 0.05) is 39.3 Å². The predicted molar refractivity (Wildman–Crippen MR) is 115 cm³/mol. The van der Waals surface area contributed by atoms with Crippen LogP contribution in [0.25, 0.3) is 11.0 Å². The fourth-order valence-corrected chi connectivity index (χ4v) is 3.79. The summed E-state index contributed by atoms with van der Waals surface area (Å²) in [6.45, 7) is 3.94. The number of hydrogen-bond donors (Lipinski definition) is 0. The number of aromatic nitrogens is 4. The first-order valence-electron chi connectivity index (χ1n) is 10.1. The monoisotopic (exact) mass is 441 g/mol. The average Bonchev–Trinajstić information content (AvgIpc) is 3.19. The minimum absolute atomic E-state index is 0.0237. The van der Waals surface area contributed by atoms with Crippen LogP contribution in [0.3, 0.4) is 0 Å². The maximum absolute atomic E-state index is 13.2. The van der Waals surface area contributed by atoms with Crippen molar-refractivity contribution in [2.45, 2.75) is 6.92 Å². The van der Waals surface area contributed by atoms with E-state index in [0.29, 0.717) is 38.5 Å². The van der Waals surface area contributed by atoms with Crippen molar-refractivity contribution in [1.29, 1.82) is 0 Å². The molecular formula is C20H23N7O5. The van der Waals surface area contributed by atoms with Crippen LogP contribution in [-0.4, -0.2) is 75.4 Å². The Hall–Kier alpha value is -3.96. The maximum atomic E-state index is 13.2. The second-order valence-electron chi connectivity index (χ2n) is 7.19. The zero-order valence-electron chi connectivity index (χ0n) is 18.0. The number of anilines is 1. The number of nitrogens with zero attached hydrogens (tertiary/aromatic N) is 7. The SMILES string of the molecule is CCOc1cc(C(=O)N2CCN(c3ncnc4c3cnn4C)CC2)c([N+](=O)[O-])cc1OC. The number of piperazine rings is 1. The lowest BCUT2D eigenvalue weighted by atomic mass is 10.1. The van der Waals surface area contributed by atoms with E-state index in [2.05, 4.69) is 20.0 Å². The number of carbonyl (C=O) groups excluding carboxylic acids is 1. The Kier molecular flexibility index (Phi) is 5.75. The number of amides is 1. The number of carbonyl (C=O) groups is 1. The second-order valence-corrected chi connectivity index (χ2v) is 7.19. The fraction of sp³-hybridized carbons (Fsp3) is 0.400. The number of rotatable bonds is 6.